The van der Waals surface area contributed by atoms with E-state index in [9.17, 15) is 4.79 Å². The molecule has 0 aromatic carbocycles. The van der Waals surface area contributed by atoms with Crippen LogP contribution >= 0.6 is 11.3 Å². The molecule has 0 aliphatic rings. The highest BCUT2D eigenvalue weighted by atomic mass is 32.1. The van der Waals surface area contributed by atoms with E-state index in [4.69, 9.17) is 4.42 Å². The zero-order chi connectivity index (χ0) is 9.26. The van der Waals surface area contributed by atoms with Crippen molar-refractivity contribution in [3.8, 4) is 11.5 Å². The minimum absolute atomic E-state index is 0.307. The molecule has 0 aliphatic heterocycles. The quantitative estimate of drug-likeness (QED) is 0.688. The summed E-state index contributed by atoms with van der Waals surface area (Å²) in [7, 11) is 0. The Balaban J connectivity index is 2.48. The van der Waals surface area contributed by atoms with Gasteiger partial charge in [-0.3, -0.25) is 4.79 Å². The predicted molar refractivity (Wildman–Crippen MR) is 49.9 cm³/mol. The molecule has 13 heavy (non-hydrogen) atoms. The van der Waals surface area contributed by atoms with Crippen LogP contribution in [0, 0.1) is 6.92 Å². The molecule has 0 spiro atoms. The minimum atomic E-state index is 0.307. The molecule has 0 bridgehead atoms. The van der Waals surface area contributed by atoms with Crippen LogP contribution in [0.2, 0.25) is 0 Å². The molecule has 66 valence electrons. The third-order valence-electron chi connectivity index (χ3n) is 1.71. The van der Waals surface area contributed by atoms with Crippen molar-refractivity contribution in [3.05, 3.63) is 28.3 Å². The largest absolute Gasteiger partial charge is 0.433 e. The van der Waals surface area contributed by atoms with Crippen LogP contribution in [0.4, 0.5) is 0 Å². The number of hydrogen-bond acceptors (Lipinski definition) is 4. The second-order valence-corrected chi connectivity index (χ2v) is 3.38. The van der Waals surface area contributed by atoms with E-state index < -0.39 is 0 Å². The van der Waals surface area contributed by atoms with Gasteiger partial charge >= 0.3 is 0 Å². The summed E-state index contributed by atoms with van der Waals surface area (Å²) >= 11 is 1.57. The van der Waals surface area contributed by atoms with Crippen molar-refractivity contribution in [2.75, 3.05) is 0 Å². The summed E-state index contributed by atoms with van der Waals surface area (Å²) < 4.78 is 5.24. The number of rotatable bonds is 2. The van der Waals surface area contributed by atoms with Crippen LogP contribution < -0.4 is 0 Å². The number of nitrogens with zero attached hydrogens (tertiary/aromatic N) is 1. The highest BCUT2D eigenvalue weighted by Crippen LogP contribution is 2.22. The van der Waals surface area contributed by atoms with Gasteiger partial charge in [0.05, 0.1) is 5.69 Å². The van der Waals surface area contributed by atoms with Gasteiger partial charge in [0.15, 0.2) is 12.0 Å². The molecule has 0 saturated heterocycles. The van der Waals surface area contributed by atoms with E-state index in [1.165, 1.54) is 0 Å². The summed E-state index contributed by atoms with van der Waals surface area (Å²) in [5, 5.41) is 3.87. The lowest BCUT2D eigenvalue weighted by Gasteiger charge is -1.84. The third kappa shape index (κ3) is 1.40. The van der Waals surface area contributed by atoms with Gasteiger partial charge in [-0.1, -0.05) is 0 Å². The molecule has 4 heteroatoms. The smallest absolute Gasteiger partial charge is 0.227 e. The summed E-state index contributed by atoms with van der Waals surface area (Å²) in [5.41, 5.74) is 1.55. The van der Waals surface area contributed by atoms with Gasteiger partial charge in [-0.25, -0.2) is 4.98 Å². The lowest BCUT2D eigenvalue weighted by molar-refractivity contribution is 0.110. The van der Waals surface area contributed by atoms with E-state index in [1.807, 2.05) is 16.8 Å². The van der Waals surface area contributed by atoms with E-state index >= 15 is 0 Å². The van der Waals surface area contributed by atoms with Gasteiger partial charge in [0, 0.05) is 10.9 Å². The van der Waals surface area contributed by atoms with Crippen LogP contribution in [0.1, 0.15) is 16.2 Å². The normalized spacial score (nSPS) is 10.2. The van der Waals surface area contributed by atoms with Gasteiger partial charge in [0.2, 0.25) is 5.89 Å². The Morgan fingerprint density at radius 2 is 2.46 bits per heavy atom. The highest BCUT2D eigenvalue weighted by Gasteiger charge is 2.10. The molecule has 2 heterocycles. The van der Waals surface area contributed by atoms with Gasteiger partial charge in [-0.05, 0) is 18.4 Å². The predicted octanol–water partition coefficient (Wildman–Crippen LogP) is 2.52. The Bertz CT molecular complexity index is 417. The van der Waals surface area contributed by atoms with Crippen molar-refractivity contribution in [1.29, 1.82) is 0 Å². The molecule has 0 fully saturated rings. The Morgan fingerprint density at radius 3 is 3.00 bits per heavy atom. The Morgan fingerprint density at radius 1 is 1.62 bits per heavy atom. The molecule has 0 unspecified atom stereocenters. The Kier molecular flexibility index (Phi) is 1.98. The monoisotopic (exact) mass is 193 g/mol. The van der Waals surface area contributed by atoms with Crippen molar-refractivity contribution in [3.63, 3.8) is 0 Å². The zero-order valence-electron chi connectivity index (χ0n) is 6.98. The highest BCUT2D eigenvalue weighted by molar-refractivity contribution is 7.08. The number of carbonyl (C=O) groups is 1. The van der Waals surface area contributed by atoms with Gasteiger partial charge < -0.3 is 4.42 Å². The molecular formula is C9H7NO2S. The second-order valence-electron chi connectivity index (χ2n) is 2.60. The van der Waals surface area contributed by atoms with Crippen LogP contribution in [-0.2, 0) is 0 Å². The maximum absolute atomic E-state index is 10.5. The molecule has 2 aromatic rings. The summed E-state index contributed by atoms with van der Waals surface area (Å²) in [4.78, 5) is 14.6. The fourth-order valence-corrected chi connectivity index (χ4v) is 1.66. The van der Waals surface area contributed by atoms with Crippen LogP contribution in [0.5, 0.6) is 0 Å². The van der Waals surface area contributed by atoms with Crippen molar-refractivity contribution in [2.45, 2.75) is 6.92 Å². The number of oxazole rings is 1. The molecule has 0 saturated carbocycles. The first-order valence-electron chi connectivity index (χ1n) is 3.76. The average Bonchev–Trinajstić information content (AvgIpc) is 2.71. The van der Waals surface area contributed by atoms with E-state index in [1.54, 1.807) is 18.3 Å². The van der Waals surface area contributed by atoms with Crippen molar-refractivity contribution >= 4 is 17.6 Å². The van der Waals surface area contributed by atoms with E-state index in [0.29, 0.717) is 23.6 Å². The summed E-state index contributed by atoms with van der Waals surface area (Å²) in [5.74, 6) is 0.821. The first-order chi connectivity index (χ1) is 6.31. The maximum atomic E-state index is 10.5. The molecule has 0 radical (unpaired) electrons. The number of aromatic nitrogens is 1. The van der Waals surface area contributed by atoms with Crippen molar-refractivity contribution in [2.24, 2.45) is 0 Å². The minimum Gasteiger partial charge on any atom is -0.433 e. The Hall–Kier alpha value is -1.42. The number of aldehydes is 1. The van der Waals surface area contributed by atoms with Gasteiger partial charge in [-0.15, -0.1) is 0 Å². The van der Waals surface area contributed by atoms with Crippen molar-refractivity contribution < 1.29 is 9.21 Å². The van der Waals surface area contributed by atoms with Crippen molar-refractivity contribution in [1.82, 2.24) is 4.98 Å². The molecule has 2 rings (SSSR count). The van der Waals surface area contributed by atoms with Crippen LogP contribution in [0.25, 0.3) is 11.5 Å². The molecule has 2 aromatic heterocycles. The number of thiophene rings is 1. The topological polar surface area (TPSA) is 43.1 Å². The summed E-state index contributed by atoms with van der Waals surface area (Å²) in [6, 6.07) is 1.91. The lowest BCUT2D eigenvalue weighted by Crippen LogP contribution is -1.77. The fraction of sp³-hybridized carbons (Fsp3) is 0.111. The van der Waals surface area contributed by atoms with E-state index in [2.05, 4.69) is 4.98 Å². The maximum Gasteiger partial charge on any atom is 0.227 e. The standard InChI is InChI=1S/C9H7NO2S/c1-6-8(4-11)12-9(10-6)7-2-3-13-5-7/h2-5H,1H3. The zero-order valence-corrected chi connectivity index (χ0v) is 7.80. The number of hydrogen-bond donors (Lipinski definition) is 0. The first-order valence-corrected chi connectivity index (χ1v) is 4.70. The SMILES string of the molecule is Cc1nc(-c2ccsc2)oc1C=O. The lowest BCUT2D eigenvalue weighted by atomic mass is 10.3. The summed E-state index contributed by atoms with van der Waals surface area (Å²) in [6.45, 7) is 1.75. The van der Waals surface area contributed by atoms with E-state index in [-0.39, 0.29) is 0 Å². The number of aryl methyl sites for hydroxylation is 1. The summed E-state index contributed by atoms with van der Waals surface area (Å²) in [6.07, 6.45) is 0.679. The number of carbonyl (C=O) groups excluding carboxylic acids is 1. The molecule has 0 atom stereocenters. The van der Waals surface area contributed by atoms with Crippen LogP contribution in [-0.4, -0.2) is 11.3 Å². The molecular weight excluding hydrogens is 186 g/mol. The molecule has 3 nitrogen and oxygen atoms in total. The molecule has 0 aliphatic carbocycles. The van der Waals surface area contributed by atoms with E-state index in [0.717, 1.165) is 5.56 Å². The fourth-order valence-electron chi connectivity index (χ4n) is 1.03. The average molecular weight is 193 g/mol. The molecule has 0 amide bonds. The van der Waals surface area contributed by atoms with Gasteiger partial charge in [0.25, 0.3) is 0 Å². The van der Waals surface area contributed by atoms with Gasteiger partial charge in [0.1, 0.15) is 0 Å². The van der Waals surface area contributed by atoms with Gasteiger partial charge in [-0.2, -0.15) is 11.3 Å². The first kappa shape index (κ1) is 8.19. The molecule has 0 N–H and O–H groups in total. The van der Waals surface area contributed by atoms with Crippen LogP contribution in [0.15, 0.2) is 21.2 Å². The van der Waals surface area contributed by atoms with Crippen LogP contribution in [0.3, 0.4) is 0 Å². The third-order valence-corrected chi connectivity index (χ3v) is 2.39. The Labute approximate surface area is 79.0 Å². The second kappa shape index (κ2) is 3.14.